The van der Waals surface area contributed by atoms with Gasteiger partial charge in [0.25, 0.3) is 10.0 Å². The molecule has 9 heteroatoms. The average Bonchev–Trinajstić information content (AvgIpc) is 2.52. The van der Waals surface area contributed by atoms with Crippen LogP contribution in [-0.4, -0.2) is 19.7 Å². The second-order valence-corrected chi connectivity index (χ2v) is 8.25. The van der Waals surface area contributed by atoms with Crippen molar-refractivity contribution >= 4 is 33.7 Å². The number of aldehydes is 1. The summed E-state index contributed by atoms with van der Waals surface area (Å²) >= 11 is 6.16. The molecule has 3 rings (SSSR count). The van der Waals surface area contributed by atoms with E-state index in [0.717, 1.165) is 24.5 Å². The normalized spacial score (nSPS) is 19.7. The van der Waals surface area contributed by atoms with Crippen LogP contribution in [0, 0.1) is 17.7 Å². The fourth-order valence-corrected chi connectivity index (χ4v) is 4.51. The monoisotopic (exact) mass is 400 g/mol. The summed E-state index contributed by atoms with van der Waals surface area (Å²) in [6.45, 7) is 0. The first-order chi connectivity index (χ1) is 12.3. The first-order valence-electron chi connectivity index (χ1n) is 7.88. The van der Waals surface area contributed by atoms with E-state index in [1.807, 2.05) is 4.72 Å². The van der Waals surface area contributed by atoms with Gasteiger partial charge in [-0.15, -0.1) is 0 Å². The zero-order chi connectivity index (χ0) is 18.9. The van der Waals surface area contributed by atoms with Crippen LogP contribution in [0.2, 0.25) is 5.02 Å². The minimum atomic E-state index is -4.32. The molecule has 1 N–H and O–H groups in total. The second kappa shape index (κ2) is 7.28. The largest absolute Gasteiger partial charge is 0.303 e. The molecule has 1 aromatic carbocycles. The number of rotatable bonds is 6. The third-order valence-electron chi connectivity index (χ3n) is 4.40. The van der Waals surface area contributed by atoms with E-state index in [2.05, 4.69) is 4.98 Å². The molecule has 2 aromatic rings. The van der Waals surface area contributed by atoms with Crippen molar-refractivity contribution < 1.29 is 22.0 Å². The summed E-state index contributed by atoms with van der Waals surface area (Å²) in [5.74, 6) is -1.83. The van der Waals surface area contributed by atoms with Crippen molar-refractivity contribution in [2.24, 2.45) is 5.92 Å². The molecule has 0 bridgehead atoms. The molecule has 1 aliphatic rings. The number of pyridine rings is 1. The molecule has 1 saturated carbocycles. The van der Waals surface area contributed by atoms with Gasteiger partial charge >= 0.3 is 0 Å². The Hall–Kier alpha value is -2.06. The summed E-state index contributed by atoms with van der Waals surface area (Å²) in [6.07, 6.45) is 2.71. The van der Waals surface area contributed by atoms with E-state index in [9.17, 15) is 22.0 Å². The lowest BCUT2D eigenvalue weighted by Crippen LogP contribution is -2.23. The van der Waals surface area contributed by atoms with Crippen LogP contribution in [0.1, 0.15) is 30.7 Å². The Morgan fingerprint density at radius 1 is 1.27 bits per heavy atom. The van der Waals surface area contributed by atoms with Crippen molar-refractivity contribution in [1.82, 2.24) is 4.98 Å². The van der Waals surface area contributed by atoms with Gasteiger partial charge in [0, 0.05) is 11.4 Å². The molecule has 0 atom stereocenters. The minimum absolute atomic E-state index is 0.00320. The Morgan fingerprint density at radius 2 is 2.00 bits per heavy atom. The second-order valence-electron chi connectivity index (χ2n) is 6.19. The van der Waals surface area contributed by atoms with Crippen molar-refractivity contribution in [3.63, 3.8) is 0 Å². The molecule has 26 heavy (non-hydrogen) atoms. The smallest absolute Gasteiger partial charge is 0.266 e. The average molecular weight is 401 g/mol. The fraction of sp³-hybridized carbons (Fsp3) is 0.294. The number of carbonyl (C=O) groups excluding carboxylic acids is 1. The minimum Gasteiger partial charge on any atom is -0.303 e. The number of nitrogens with zero attached hydrogens (tertiary/aromatic N) is 1. The molecule has 0 unspecified atom stereocenters. The highest BCUT2D eigenvalue weighted by Gasteiger charge is 2.33. The highest BCUT2D eigenvalue weighted by atomic mass is 35.5. The van der Waals surface area contributed by atoms with Crippen LogP contribution in [0.3, 0.4) is 0 Å². The van der Waals surface area contributed by atoms with Crippen LogP contribution in [0.5, 0.6) is 0 Å². The maximum Gasteiger partial charge on any atom is 0.266 e. The first kappa shape index (κ1) is 18.7. The van der Waals surface area contributed by atoms with Crippen molar-refractivity contribution in [3.8, 4) is 0 Å². The Kier molecular flexibility index (Phi) is 5.24. The van der Waals surface area contributed by atoms with E-state index in [1.165, 1.54) is 12.1 Å². The van der Waals surface area contributed by atoms with Gasteiger partial charge in [-0.1, -0.05) is 17.7 Å². The third kappa shape index (κ3) is 3.86. The van der Waals surface area contributed by atoms with Crippen LogP contribution >= 0.6 is 11.6 Å². The van der Waals surface area contributed by atoms with Crippen molar-refractivity contribution in [3.05, 3.63) is 52.7 Å². The number of aromatic nitrogens is 1. The van der Waals surface area contributed by atoms with Gasteiger partial charge in [0.15, 0.2) is 0 Å². The lowest BCUT2D eigenvalue weighted by atomic mass is 9.70. The Morgan fingerprint density at radius 3 is 2.65 bits per heavy atom. The van der Waals surface area contributed by atoms with Crippen LogP contribution in [0.4, 0.5) is 14.6 Å². The summed E-state index contributed by atoms with van der Waals surface area (Å²) in [5.41, 5.74) is 0.522. The summed E-state index contributed by atoms with van der Waals surface area (Å²) < 4.78 is 54.3. The zero-order valence-electron chi connectivity index (χ0n) is 13.5. The summed E-state index contributed by atoms with van der Waals surface area (Å²) in [4.78, 5) is 13.3. The van der Waals surface area contributed by atoms with E-state index in [4.69, 9.17) is 11.6 Å². The molecule has 5 nitrogen and oxygen atoms in total. The van der Waals surface area contributed by atoms with E-state index >= 15 is 0 Å². The summed E-state index contributed by atoms with van der Waals surface area (Å²) in [6, 6.07) is 5.73. The van der Waals surface area contributed by atoms with Crippen molar-refractivity contribution in [2.75, 3.05) is 4.72 Å². The number of benzene rings is 1. The number of nitrogens with one attached hydrogen (secondary N) is 1. The summed E-state index contributed by atoms with van der Waals surface area (Å²) in [7, 11) is -4.32. The third-order valence-corrected chi connectivity index (χ3v) is 6.10. The van der Waals surface area contributed by atoms with Gasteiger partial charge < -0.3 is 4.79 Å². The fourth-order valence-electron chi connectivity index (χ4n) is 3.04. The molecule has 1 aliphatic carbocycles. The maximum atomic E-state index is 14.4. The molecule has 0 aliphatic heterocycles. The molecular weight excluding hydrogens is 386 g/mol. The van der Waals surface area contributed by atoms with Gasteiger partial charge in [0.05, 0.1) is 0 Å². The molecule has 0 radical (unpaired) electrons. The molecule has 0 spiro atoms. The number of halogens is 3. The molecule has 1 fully saturated rings. The standard InChI is InChI=1S/C17H15ClF2N2O3S/c18-13-9-15(26(24,25)22-17-3-1-2-16(20)21-17)14(19)8-12(13)11-6-10(7-11)4-5-23/h1-3,5,8-11H,4,6-7H2,(H,21,22). The molecular formula is C17H15ClF2N2O3S. The van der Waals surface area contributed by atoms with Gasteiger partial charge in [-0.3, -0.25) is 4.72 Å². The molecule has 1 heterocycles. The van der Waals surface area contributed by atoms with E-state index in [1.54, 1.807) is 0 Å². The highest BCUT2D eigenvalue weighted by molar-refractivity contribution is 7.92. The highest BCUT2D eigenvalue weighted by Crippen LogP contribution is 2.45. The Labute approximate surface area is 154 Å². The SMILES string of the molecule is O=CCC1CC(c2cc(F)c(S(=O)(=O)Nc3cccc(F)n3)cc2Cl)C1. The van der Waals surface area contributed by atoms with E-state index < -0.39 is 26.7 Å². The number of sulfonamides is 1. The molecule has 1 aromatic heterocycles. The van der Waals surface area contributed by atoms with Gasteiger partial charge in [-0.2, -0.15) is 4.39 Å². The van der Waals surface area contributed by atoms with Gasteiger partial charge in [-0.05, 0) is 54.5 Å². The molecule has 0 saturated heterocycles. The van der Waals surface area contributed by atoms with Crippen molar-refractivity contribution in [1.29, 1.82) is 0 Å². The number of hydrogen-bond donors (Lipinski definition) is 1. The lowest BCUT2D eigenvalue weighted by molar-refractivity contribution is -0.109. The van der Waals surface area contributed by atoms with Crippen LogP contribution in [-0.2, 0) is 14.8 Å². The predicted octanol–water partition coefficient (Wildman–Crippen LogP) is 3.90. The molecule has 138 valence electrons. The van der Waals surface area contributed by atoms with E-state index in [-0.39, 0.29) is 22.7 Å². The quantitative estimate of drug-likeness (QED) is 0.589. The molecule has 0 amide bonds. The zero-order valence-corrected chi connectivity index (χ0v) is 15.0. The van der Waals surface area contributed by atoms with Gasteiger partial charge in [0.1, 0.15) is 22.8 Å². The summed E-state index contributed by atoms with van der Waals surface area (Å²) in [5, 5.41) is 0.133. The van der Waals surface area contributed by atoms with Gasteiger partial charge in [0.2, 0.25) is 5.95 Å². The maximum absolute atomic E-state index is 14.4. The topological polar surface area (TPSA) is 76.1 Å². The Bertz CT molecular complexity index is 947. The van der Waals surface area contributed by atoms with Crippen LogP contribution in [0.25, 0.3) is 0 Å². The van der Waals surface area contributed by atoms with Crippen LogP contribution in [0.15, 0.2) is 35.2 Å². The lowest BCUT2D eigenvalue weighted by Gasteiger charge is -2.35. The first-order valence-corrected chi connectivity index (χ1v) is 9.74. The van der Waals surface area contributed by atoms with Crippen LogP contribution < -0.4 is 4.72 Å². The predicted molar refractivity (Wildman–Crippen MR) is 92.6 cm³/mol. The number of hydrogen-bond acceptors (Lipinski definition) is 4. The van der Waals surface area contributed by atoms with E-state index in [0.29, 0.717) is 24.8 Å². The number of carbonyl (C=O) groups is 1. The van der Waals surface area contributed by atoms with Crippen molar-refractivity contribution in [2.45, 2.75) is 30.1 Å². The number of anilines is 1. The van der Waals surface area contributed by atoms with Gasteiger partial charge in [-0.25, -0.2) is 17.8 Å². The Balaban J connectivity index is 1.84.